The summed E-state index contributed by atoms with van der Waals surface area (Å²) in [5.74, 6) is -0.146. The van der Waals surface area contributed by atoms with Crippen LogP contribution in [0.2, 0.25) is 0 Å². The van der Waals surface area contributed by atoms with E-state index in [4.69, 9.17) is 0 Å². The lowest BCUT2D eigenvalue weighted by Gasteiger charge is -2.41. The third kappa shape index (κ3) is 5.05. The molecule has 0 aliphatic carbocycles. The van der Waals surface area contributed by atoms with Gasteiger partial charge in [-0.1, -0.05) is 0 Å². The van der Waals surface area contributed by atoms with E-state index in [2.05, 4.69) is 5.32 Å². The van der Waals surface area contributed by atoms with Crippen molar-refractivity contribution in [3.63, 3.8) is 0 Å². The number of halogens is 1. The molecule has 0 saturated carbocycles. The summed E-state index contributed by atoms with van der Waals surface area (Å²) in [6, 6.07) is 0.0374. The van der Waals surface area contributed by atoms with E-state index in [9.17, 15) is 18.0 Å². The Balaban J connectivity index is 0.00000288. The van der Waals surface area contributed by atoms with E-state index >= 15 is 0 Å². The monoisotopic (exact) mass is 382 g/mol. The molecule has 1 unspecified atom stereocenters. The number of amides is 2. The number of piperidine rings is 1. The van der Waals surface area contributed by atoms with Gasteiger partial charge in [-0.15, -0.1) is 12.4 Å². The van der Waals surface area contributed by atoms with E-state index in [0.717, 1.165) is 23.7 Å². The van der Waals surface area contributed by atoms with Crippen LogP contribution >= 0.6 is 12.4 Å². The van der Waals surface area contributed by atoms with Gasteiger partial charge in [0, 0.05) is 39.3 Å². The summed E-state index contributed by atoms with van der Waals surface area (Å²) in [7, 11) is -1.93. The fraction of sp³-hybridized carbons (Fsp3) is 0.857. The summed E-state index contributed by atoms with van der Waals surface area (Å²) < 4.78 is 24.6. The quantitative estimate of drug-likeness (QED) is 0.666. The Morgan fingerprint density at radius 3 is 2.71 bits per heavy atom. The molecule has 8 nitrogen and oxygen atoms in total. The Bertz CT molecular complexity index is 557. The zero-order chi connectivity index (χ0) is 17.0. The van der Waals surface area contributed by atoms with Crippen molar-refractivity contribution in [1.29, 1.82) is 0 Å². The van der Waals surface area contributed by atoms with Crippen molar-refractivity contribution in [1.82, 2.24) is 19.4 Å². The van der Waals surface area contributed by atoms with Crippen molar-refractivity contribution in [2.75, 3.05) is 52.1 Å². The molecule has 0 aromatic heterocycles. The SMILES string of the molecule is CCS(=O)(=O)N(C)CC(=O)N1CCCC(N2CCNCC2=O)C1.Cl. The van der Waals surface area contributed by atoms with Crippen LogP contribution < -0.4 is 5.32 Å². The van der Waals surface area contributed by atoms with Gasteiger partial charge in [0.1, 0.15) is 0 Å². The Kier molecular flexibility index (Phi) is 7.91. The predicted octanol–water partition coefficient (Wildman–Crippen LogP) is -0.887. The molecule has 2 aliphatic heterocycles. The lowest BCUT2D eigenvalue weighted by atomic mass is 10.0. The molecule has 0 aromatic carbocycles. The van der Waals surface area contributed by atoms with Gasteiger partial charge in [-0.25, -0.2) is 8.42 Å². The number of nitrogens with one attached hydrogen (secondary N) is 1. The molecule has 2 saturated heterocycles. The van der Waals surface area contributed by atoms with Crippen molar-refractivity contribution in [3.8, 4) is 0 Å². The first-order valence-electron chi connectivity index (χ1n) is 8.07. The highest BCUT2D eigenvalue weighted by molar-refractivity contribution is 7.89. The van der Waals surface area contributed by atoms with Crippen LogP contribution in [-0.2, 0) is 19.6 Å². The molecule has 1 N–H and O–H groups in total. The minimum Gasteiger partial charge on any atom is -0.339 e. The fourth-order valence-corrected chi connectivity index (χ4v) is 3.80. The third-order valence-corrected chi connectivity index (χ3v) is 6.32. The molecule has 2 amide bonds. The number of likely N-dealkylation sites (N-methyl/N-ethyl adjacent to an activating group) is 1. The van der Waals surface area contributed by atoms with Crippen LogP contribution in [0.3, 0.4) is 0 Å². The van der Waals surface area contributed by atoms with E-state index in [1.165, 1.54) is 7.05 Å². The summed E-state index contributed by atoms with van der Waals surface area (Å²) in [6.07, 6.45) is 1.72. The molecule has 0 radical (unpaired) electrons. The standard InChI is InChI=1S/C14H26N4O4S.ClH/c1-3-23(21,22)16(2)11-14(20)17-7-4-5-12(10-17)18-8-6-15-9-13(18)19;/h12,15H,3-11H2,1-2H3;1H. The Hall–Kier alpha value is -0.900. The summed E-state index contributed by atoms with van der Waals surface area (Å²) in [6.45, 7) is 4.31. The van der Waals surface area contributed by atoms with Crippen LogP contribution in [0, 0.1) is 0 Å². The molecular weight excluding hydrogens is 356 g/mol. The van der Waals surface area contributed by atoms with Crippen LogP contribution in [0.5, 0.6) is 0 Å². The second-order valence-corrected chi connectivity index (χ2v) is 8.42. The third-order valence-electron chi connectivity index (χ3n) is 4.51. The van der Waals surface area contributed by atoms with Gasteiger partial charge in [0.25, 0.3) is 0 Å². The molecule has 24 heavy (non-hydrogen) atoms. The molecule has 2 heterocycles. The van der Waals surface area contributed by atoms with E-state index in [-0.39, 0.29) is 42.6 Å². The minimum absolute atomic E-state index is 0. The normalized spacial score (nSPS) is 22.5. The molecule has 2 fully saturated rings. The van der Waals surface area contributed by atoms with Crippen molar-refractivity contribution in [2.24, 2.45) is 0 Å². The molecule has 2 aliphatic rings. The molecule has 10 heteroatoms. The number of sulfonamides is 1. The number of hydrogen-bond acceptors (Lipinski definition) is 5. The number of nitrogens with zero attached hydrogens (tertiary/aromatic N) is 3. The van der Waals surface area contributed by atoms with Crippen LogP contribution in [0.4, 0.5) is 0 Å². The van der Waals surface area contributed by atoms with Crippen molar-refractivity contribution in [2.45, 2.75) is 25.8 Å². The topological polar surface area (TPSA) is 90.0 Å². The van der Waals surface area contributed by atoms with Gasteiger partial charge in [-0.2, -0.15) is 4.31 Å². The maximum absolute atomic E-state index is 12.4. The Labute approximate surface area is 150 Å². The fourth-order valence-electron chi connectivity index (χ4n) is 3.05. The summed E-state index contributed by atoms with van der Waals surface area (Å²) >= 11 is 0. The van der Waals surface area contributed by atoms with Crippen LogP contribution in [0.1, 0.15) is 19.8 Å². The van der Waals surface area contributed by atoms with Crippen molar-refractivity contribution in [3.05, 3.63) is 0 Å². The second kappa shape index (κ2) is 8.98. The van der Waals surface area contributed by atoms with E-state index in [0.29, 0.717) is 26.2 Å². The molecule has 140 valence electrons. The Morgan fingerprint density at radius 2 is 2.08 bits per heavy atom. The van der Waals surface area contributed by atoms with Gasteiger partial charge in [-0.3, -0.25) is 9.59 Å². The number of carbonyl (C=O) groups is 2. The summed E-state index contributed by atoms with van der Waals surface area (Å²) in [5.41, 5.74) is 0. The average molecular weight is 383 g/mol. The maximum atomic E-state index is 12.4. The van der Waals surface area contributed by atoms with Crippen LogP contribution in [0.15, 0.2) is 0 Å². The van der Waals surface area contributed by atoms with Gasteiger partial charge in [0.15, 0.2) is 0 Å². The molecule has 0 bridgehead atoms. The van der Waals surface area contributed by atoms with Crippen molar-refractivity contribution >= 4 is 34.2 Å². The van der Waals surface area contributed by atoms with Gasteiger partial charge >= 0.3 is 0 Å². The van der Waals surface area contributed by atoms with E-state index < -0.39 is 10.0 Å². The number of rotatable bonds is 5. The van der Waals surface area contributed by atoms with Gasteiger partial charge in [0.05, 0.1) is 18.8 Å². The smallest absolute Gasteiger partial charge is 0.237 e. The highest BCUT2D eigenvalue weighted by Gasteiger charge is 2.32. The maximum Gasteiger partial charge on any atom is 0.237 e. The second-order valence-electron chi connectivity index (χ2n) is 6.06. The zero-order valence-corrected chi connectivity index (χ0v) is 15.9. The van der Waals surface area contributed by atoms with Gasteiger partial charge < -0.3 is 15.1 Å². The number of piperazine rings is 1. The summed E-state index contributed by atoms with van der Waals surface area (Å²) in [5, 5.41) is 3.04. The summed E-state index contributed by atoms with van der Waals surface area (Å²) in [4.78, 5) is 27.9. The largest absolute Gasteiger partial charge is 0.339 e. The van der Waals surface area contributed by atoms with E-state index in [1.807, 2.05) is 4.90 Å². The average Bonchev–Trinajstić information content (AvgIpc) is 2.55. The minimum atomic E-state index is -3.36. The molecule has 0 aromatic rings. The van der Waals surface area contributed by atoms with Gasteiger partial charge in [-0.05, 0) is 19.8 Å². The highest BCUT2D eigenvalue weighted by atomic mass is 35.5. The number of carbonyl (C=O) groups excluding carboxylic acids is 2. The molecular formula is C14H27ClN4O4S. The van der Waals surface area contributed by atoms with E-state index in [1.54, 1.807) is 11.8 Å². The van der Waals surface area contributed by atoms with Crippen LogP contribution in [0.25, 0.3) is 0 Å². The van der Waals surface area contributed by atoms with Crippen molar-refractivity contribution < 1.29 is 18.0 Å². The lowest BCUT2D eigenvalue weighted by Crippen LogP contribution is -2.58. The predicted molar refractivity (Wildman–Crippen MR) is 93.5 cm³/mol. The molecule has 2 rings (SSSR count). The first-order valence-corrected chi connectivity index (χ1v) is 9.68. The lowest BCUT2D eigenvalue weighted by molar-refractivity contribution is -0.140. The van der Waals surface area contributed by atoms with Gasteiger partial charge in [0.2, 0.25) is 21.8 Å². The van der Waals surface area contributed by atoms with Crippen LogP contribution in [-0.4, -0.2) is 92.4 Å². The Morgan fingerprint density at radius 1 is 1.38 bits per heavy atom. The number of likely N-dealkylation sites (tertiary alicyclic amines) is 1. The number of hydrogen-bond donors (Lipinski definition) is 1. The first-order chi connectivity index (χ1) is 10.8. The zero-order valence-electron chi connectivity index (χ0n) is 14.2. The first kappa shape index (κ1) is 21.1. The molecule has 0 spiro atoms. The molecule has 1 atom stereocenters. The highest BCUT2D eigenvalue weighted by Crippen LogP contribution is 2.17.